The molecule has 0 atom stereocenters. The first-order valence-electron chi connectivity index (χ1n) is 3.10. The van der Waals surface area contributed by atoms with E-state index in [4.69, 9.17) is 10.2 Å². The Morgan fingerprint density at radius 1 is 1.22 bits per heavy atom. The molecule has 0 aliphatic heterocycles. The van der Waals surface area contributed by atoms with Crippen LogP contribution >= 0.6 is 0 Å². The number of hydrogen-bond donors (Lipinski definition) is 2. The molecule has 4 heteroatoms. The summed E-state index contributed by atoms with van der Waals surface area (Å²) in [7, 11) is 1.85. The molecule has 0 aliphatic carbocycles. The lowest BCUT2D eigenvalue weighted by Crippen LogP contribution is -2.31. The second kappa shape index (κ2) is 6.07. The van der Waals surface area contributed by atoms with Crippen molar-refractivity contribution in [3.05, 3.63) is 0 Å². The molecule has 0 saturated heterocycles. The Kier molecular flexibility index (Phi) is 6.03. The highest BCUT2D eigenvalue weighted by Crippen LogP contribution is 1.81. The second-order valence-electron chi connectivity index (χ2n) is 1.74. The molecule has 0 rings (SSSR count). The summed E-state index contributed by atoms with van der Waals surface area (Å²) < 4.78 is 0. The summed E-state index contributed by atoms with van der Waals surface area (Å²) in [5.41, 5.74) is 0. The van der Waals surface area contributed by atoms with Crippen molar-refractivity contribution in [1.29, 1.82) is 0 Å². The third-order valence-corrected chi connectivity index (χ3v) is 1.14. The molecule has 0 aromatic carbocycles. The van der Waals surface area contributed by atoms with Gasteiger partial charge in [0.2, 0.25) is 7.41 Å². The Labute approximate surface area is 56.6 Å². The van der Waals surface area contributed by atoms with Crippen LogP contribution in [0.2, 0.25) is 6.82 Å². The van der Waals surface area contributed by atoms with Crippen molar-refractivity contribution < 1.29 is 10.2 Å². The van der Waals surface area contributed by atoms with E-state index in [1.54, 1.807) is 0 Å². The average molecular weight is 130 g/mol. The summed E-state index contributed by atoms with van der Waals surface area (Å²) in [6.07, 6.45) is 0. The molecule has 0 aliphatic rings. The van der Waals surface area contributed by atoms with Gasteiger partial charge in [-0.3, -0.25) is 0 Å². The quantitative estimate of drug-likeness (QED) is 0.466. The van der Waals surface area contributed by atoms with Crippen molar-refractivity contribution in [3.8, 4) is 0 Å². The first kappa shape index (κ1) is 8.94. The SMILES string of the molecule is C[B]N(CCO)CCO. The normalized spacial score (nSPS) is 10.2. The maximum absolute atomic E-state index is 8.45. The van der Waals surface area contributed by atoms with E-state index in [1.165, 1.54) is 0 Å². The maximum atomic E-state index is 8.45. The molecule has 0 fully saturated rings. The third kappa shape index (κ3) is 4.45. The van der Waals surface area contributed by atoms with Crippen LogP contribution in [0.5, 0.6) is 0 Å². The van der Waals surface area contributed by atoms with Gasteiger partial charge < -0.3 is 15.0 Å². The lowest BCUT2D eigenvalue weighted by atomic mass is 9.96. The standard InChI is InChI=1S/C5H13BNO2/c1-6-7(2-4-8)3-5-9/h8-9H,2-5H2,1H3. The lowest BCUT2D eigenvalue weighted by molar-refractivity contribution is 0.219. The van der Waals surface area contributed by atoms with Gasteiger partial charge in [0.05, 0.1) is 13.2 Å². The Morgan fingerprint density at radius 3 is 1.89 bits per heavy atom. The topological polar surface area (TPSA) is 43.7 Å². The van der Waals surface area contributed by atoms with Crippen molar-refractivity contribution in [1.82, 2.24) is 4.81 Å². The van der Waals surface area contributed by atoms with E-state index in [1.807, 2.05) is 19.0 Å². The zero-order chi connectivity index (χ0) is 7.11. The Bertz CT molecular complexity index is 56.9. The highest BCUT2D eigenvalue weighted by molar-refractivity contribution is 6.29. The minimum atomic E-state index is 0.143. The molecule has 0 aromatic heterocycles. The molecule has 0 heterocycles. The van der Waals surface area contributed by atoms with Gasteiger partial charge in [-0.05, 0) is 0 Å². The first-order chi connectivity index (χ1) is 4.35. The maximum Gasteiger partial charge on any atom is 0.205 e. The van der Waals surface area contributed by atoms with E-state index in [0.29, 0.717) is 13.1 Å². The van der Waals surface area contributed by atoms with Crippen molar-refractivity contribution in [3.63, 3.8) is 0 Å². The number of aliphatic hydroxyl groups excluding tert-OH is 2. The third-order valence-electron chi connectivity index (χ3n) is 1.14. The molecule has 9 heavy (non-hydrogen) atoms. The molecule has 1 radical (unpaired) electrons. The molecule has 3 nitrogen and oxygen atoms in total. The predicted molar refractivity (Wildman–Crippen MR) is 37.4 cm³/mol. The van der Waals surface area contributed by atoms with Crippen LogP contribution in [0.3, 0.4) is 0 Å². The lowest BCUT2D eigenvalue weighted by Gasteiger charge is -2.16. The van der Waals surface area contributed by atoms with Crippen LogP contribution in [-0.2, 0) is 0 Å². The molecule has 0 bridgehead atoms. The van der Waals surface area contributed by atoms with Gasteiger partial charge in [-0.1, -0.05) is 6.82 Å². The van der Waals surface area contributed by atoms with Gasteiger partial charge in [0, 0.05) is 13.1 Å². The van der Waals surface area contributed by atoms with E-state index in [-0.39, 0.29) is 13.2 Å². The fourth-order valence-electron chi connectivity index (χ4n) is 0.627. The van der Waals surface area contributed by atoms with Crippen LogP contribution in [0.25, 0.3) is 0 Å². The van der Waals surface area contributed by atoms with Crippen LogP contribution in [0.4, 0.5) is 0 Å². The van der Waals surface area contributed by atoms with Gasteiger partial charge in [-0.25, -0.2) is 0 Å². The smallest absolute Gasteiger partial charge is 0.205 e. The summed E-state index contributed by atoms with van der Waals surface area (Å²) in [6, 6.07) is 0. The zero-order valence-corrected chi connectivity index (χ0v) is 5.75. The van der Waals surface area contributed by atoms with Crippen molar-refractivity contribution in [2.45, 2.75) is 6.82 Å². The highest BCUT2D eigenvalue weighted by atomic mass is 16.3. The van der Waals surface area contributed by atoms with Crippen LogP contribution in [0.15, 0.2) is 0 Å². The zero-order valence-electron chi connectivity index (χ0n) is 5.75. The minimum absolute atomic E-state index is 0.143. The van der Waals surface area contributed by atoms with Gasteiger partial charge in [0.15, 0.2) is 0 Å². The van der Waals surface area contributed by atoms with Crippen LogP contribution in [0.1, 0.15) is 0 Å². The van der Waals surface area contributed by atoms with Crippen molar-refractivity contribution in [2.24, 2.45) is 0 Å². The van der Waals surface area contributed by atoms with Gasteiger partial charge in [0.1, 0.15) is 0 Å². The molecule has 0 unspecified atom stereocenters. The Morgan fingerprint density at radius 2 is 1.67 bits per heavy atom. The largest absolute Gasteiger partial charge is 0.395 e. The summed E-state index contributed by atoms with van der Waals surface area (Å²) in [5, 5.41) is 16.9. The number of aliphatic hydroxyl groups is 2. The molecule has 2 N–H and O–H groups in total. The first-order valence-corrected chi connectivity index (χ1v) is 3.10. The average Bonchev–Trinajstić information content (AvgIpc) is 1.88. The Balaban J connectivity index is 3.18. The van der Waals surface area contributed by atoms with Crippen LogP contribution in [-0.4, -0.2) is 48.7 Å². The van der Waals surface area contributed by atoms with E-state index < -0.39 is 0 Å². The van der Waals surface area contributed by atoms with Crippen LogP contribution in [0, 0.1) is 0 Å². The number of rotatable bonds is 5. The summed E-state index contributed by atoms with van der Waals surface area (Å²) >= 11 is 0. The van der Waals surface area contributed by atoms with Gasteiger partial charge in [0.25, 0.3) is 0 Å². The molecular weight excluding hydrogens is 117 g/mol. The minimum Gasteiger partial charge on any atom is -0.395 e. The molecule has 0 spiro atoms. The van der Waals surface area contributed by atoms with E-state index in [0.717, 1.165) is 0 Å². The summed E-state index contributed by atoms with van der Waals surface area (Å²) in [6.45, 7) is 3.38. The number of nitrogens with zero attached hydrogens (tertiary/aromatic N) is 1. The summed E-state index contributed by atoms with van der Waals surface area (Å²) in [5.74, 6) is 0. The van der Waals surface area contributed by atoms with Gasteiger partial charge in [-0.15, -0.1) is 0 Å². The predicted octanol–water partition coefficient (Wildman–Crippen LogP) is -1.06. The fraction of sp³-hybridized carbons (Fsp3) is 1.00. The molecule has 0 amide bonds. The molecular formula is C5H13BNO2. The van der Waals surface area contributed by atoms with Gasteiger partial charge in [-0.2, -0.15) is 0 Å². The number of hydrogen-bond acceptors (Lipinski definition) is 3. The monoisotopic (exact) mass is 130 g/mol. The molecule has 0 aromatic rings. The Hall–Kier alpha value is -0.0551. The fourth-order valence-corrected chi connectivity index (χ4v) is 0.627. The van der Waals surface area contributed by atoms with E-state index >= 15 is 0 Å². The van der Waals surface area contributed by atoms with Crippen molar-refractivity contribution in [2.75, 3.05) is 26.3 Å². The van der Waals surface area contributed by atoms with Gasteiger partial charge >= 0.3 is 0 Å². The highest BCUT2D eigenvalue weighted by Gasteiger charge is 1.98. The van der Waals surface area contributed by atoms with E-state index in [2.05, 4.69) is 0 Å². The van der Waals surface area contributed by atoms with Crippen molar-refractivity contribution >= 4 is 7.41 Å². The van der Waals surface area contributed by atoms with Crippen LogP contribution < -0.4 is 0 Å². The molecule has 0 saturated carbocycles. The van der Waals surface area contributed by atoms with E-state index in [9.17, 15) is 0 Å². The molecule has 53 valence electrons. The summed E-state index contributed by atoms with van der Waals surface area (Å²) in [4.78, 5) is 1.86. The second-order valence-corrected chi connectivity index (χ2v) is 1.74.